The Morgan fingerprint density at radius 2 is 1.95 bits per heavy atom. The molecule has 1 aliphatic rings. The number of aromatic nitrogens is 3. The molecule has 0 atom stereocenters. The highest BCUT2D eigenvalue weighted by Gasteiger charge is 2.29. The predicted molar refractivity (Wildman–Crippen MR) is 72.1 cm³/mol. The lowest BCUT2D eigenvalue weighted by Gasteiger charge is -2.08. The number of rotatable bonds is 5. The molecule has 0 aliphatic heterocycles. The Hall–Kier alpha value is -1.47. The summed E-state index contributed by atoms with van der Waals surface area (Å²) in [5.41, 5.74) is 5.70. The van der Waals surface area contributed by atoms with Crippen LogP contribution in [0.1, 0.15) is 30.3 Å². The molecule has 0 saturated heterocycles. The Bertz CT molecular complexity index is 605. The topological polar surface area (TPSA) is 56.7 Å². The van der Waals surface area contributed by atoms with Gasteiger partial charge in [0.2, 0.25) is 0 Å². The molecule has 1 aromatic carbocycles. The van der Waals surface area contributed by atoms with Crippen molar-refractivity contribution in [3.63, 3.8) is 0 Å². The standard InChI is InChI=1S/C13H14F2N4S/c14-10-2-1-3-11(15)9(10)7-20-13-18-17-12(6-16)19(13)8-4-5-8/h1-3,8H,4-7,16H2. The Labute approximate surface area is 119 Å². The number of hydrogen-bond acceptors (Lipinski definition) is 4. The molecule has 1 saturated carbocycles. The first-order chi connectivity index (χ1) is 9.70. The van der Waals surface area contributed by atoms with E-state index in [-0.39, 0.29) is 11.3 Å². The van der Waals surface area contributed by atoms with Gasteiger partial charge in [0.15, 0.2) is 5.16 Å². The van der Waals surface area contributed by atoms with E-state index in [1.54, 1.807) is 0 Å². The minimum absolute atomic E-state index is 0.0668. The minimum atomic E-state index is -0.533. The van der Waals surface area contributed by atoms with Gasteiger partial charge < -0.3 is 10.3 Å². The van der Waals surface area contributed by atoms with E-state index >= 15 is 0 Å². The molecule has 106 valence electrons. The third kappa shape index (κ3) is 2.55. The summed E-state index contributed by atoms with van der Waals surface area (Å²) in [5, 5.41) is 8.78. The number of halogens is 2. The van der Waals surface area contributed by atoms with Gasteiger partial charge in [-0.2, -0.15) is 0 Å². The number of thioether (sulfide) groups is 1. The van der Waals surface area contributed by atoms with Crippen molar-refractivity contribution in [2.45, 2.75) is 36.3 Å². The van der Waals surface area contributed by atoms with Gasteiger partial charge in [0.1, 0.15) is 17.5 Å². The molecule has 0 bridgehead atoms. The van der Waals surface area contributed by atoms with Gasteiger partial charge >= 0.3 is 0 Å². The minimum Gasteiger partial charge on any atom is -0.324 e. The number of hydrogen-bond donors (Lipinski definition) is 1. The maximum atomic E-state index is 13.6. The van der Waals surface area contributed by atoms with Crippen LogP contribution in [0.5, 0.6) is 0 Å². The van der Waals surface area contributed by atoms with Crippen LogP contribution < -0.4 is 5.73 Å². The van der Waals surface area contributed by atoms with Crippen molar-refractivity contribution >= 4 is 11.8 Å². The summed E-state index contributed by atoms with van der Waals surface area (Å²) in [6.07, 6.45) is 2.15. The van der Waals surface area contributed by atoms with E-state index in [9.17, 15) is 8.78 Å². The van der Waals surface area contributed by atoms with Crippen molar-refractivity contribution in [1.29, 1.82) is 0 Å². The molecule has 3 rings (SSSR count). The zero-order chi connectivity index (χ0) is 14.1. The Kier molecular flexibility index (Phi) is 3.71. The summed E-state index contributed by atoms with van der Waals surface area (Å²) in [6, 6.07) is 4.26. The van der Waals surface area contributed by atoms with Gasteiger partial charge in [-0.1, -0.05) is 17.8 Å². The van der Waals surface area contributed by atoms with Gasteiger partial charge in [0, 0.05) is 17.4 Å². The van der Waals surface area contributed by atoms with Crippen LogP contribution in [-0.4, -0.2) is 14.8 Å². The van der Waals surface area contributed by atoms with E-state index in [1.807, 2.05) is 4.57 Å². The number of benzene rings is 1. The first-order valence-electron chi connectivity index (χ1n) is 6.40. The molecule has 1 fully saturated rings. The summed E-state index contributed by atoms with van der Waals surface area (Å²) in [5.74, 6) is -0.152. The van der Waals surface area contributed by atoms with Crippen LogP contribution >= 0.6 is 11.8 Å². The summed E-state index contributed by atoms with van der Waals surface area (Å²) in [7, 11) is 0. The lowest BCUT2D eigenvalue weighted by atomic mass is 10.2. The molecule has 2 aromatic rings. The summed E-state index contributed by atoms with van der Waals surface area (Å²) in [6.45, 7) is 0.318. The zero-order valence-corrected chi connectivity index (χ0v) is 11.5. The third-order valence-corrected chi connectivity index (χ3v) is 4.21. The van der Waals surface area contributed by atoms with E-state index in [0.29, 0.717) is 17.7 Å². The van der Waals surface area contributed by atoms with E-state index in [1.165, 1.54) is 30.0 Å². The molecular weight excluding hydrogens is 282 g/mol. The molecule has 2 N–H and O–H groups in total. The second-order valence-electron chi connectivity index (χ2n) is 4.69. The SMILES string of the molecule is NCc1nnc(SCc2c(F)cccc2F)n1C1CC1. The largest absolute Gasteiger partial charge is 0.324 e. The first-order valence-corrected chi connectivity index (χ1v) is 7.38. The van der Waals surface area contributed by atoms with E-state index in [0.717, 1.165) is 18.7 Å². The Morgan fingerprint density at radius 3 is 2.55 bits per heavy atom. The molecule has 0 spiro atoms. The molecule has 0 unspecified atom stereocenters. The predicted octanol–water partition coefficient (Wildman–Crippen LogP) is 2.64. The fourth-order valence-electron chi connectivity index (χ4n) is 2.05. The molecule has 0 radical (unpaired) electrons. The van der Waals surface area contributed by atoms with E-state index < -0.39 is 11.6 Å². The van der Waals surface area contributed by atoms with Gasteiger partial charge in [-0.3, -0.25) is 0 Å². The van der Waals surface area contributed by atoms with Crippen LogP contribution in [-0.2, 0) is 12.3 Å². The highest BCUT2D eigenvalue weighted by Crippen LogP contribution is 2.39. The molecule has 20 heavy (non-hydrogen) atoms. The molecule has 1 aliphatic carbocycles. The molecule has 1 aromatic heterocycles. The molecular formula is C13H14F2N4S. The van der Waals surface area contributed by atoms with Gasteiger partial charge in [-0.15, -0.1) is 10.2 Å². The molecule has 1 heterocycles. The maximum absolute atomic E-state index is 13.6. The highest BCUT2D eigenvalue weighted by atomic mass is 32.2. The fourth-order valence-corrected chi connectivity index (χ4v) is 3.09. The summed E-state index contributed by atoms with van der Waals surface area (Å²) < 4.78 is 29.1. The third-order valence-electron chi connectivity index (χ3n) is 3.24. The Balaban J connectivity index is 1.80. The molecule has 0 amide bonds. The fraction of sp³-hybridized carbons (Fsp3) is 0.385. The quantitative estimate of drug-likeness (QED) is 0.862. The van der Waals surface area contributed by atoms with Crippen LogP contribution in [0.3, 0.4) is 0 Å². The zero-order valence-electron chi connectivity index (χ0n) is 10.7. The number of nitrogens with zero attached hydrogens (tertiary/aromatic N) is 3. The van der Waals surface area contributed by atoms with Crippen LogP contribution in [0.2, 0.25) is 0 Å². The Morgan fingerprint density at radius 1 is 1.25 bits per heavy atom. The van der Waals surface area contributed by atoms with Crippen LogP contribution in [0.4, 0.5) is 8.78 Å². The average molecular weight is 296 g/mol. The van der Waals surface area contributed by atoms with Gasteiger partial charge in [-0.25, -0.2) is 8.78 Å². The summed E-state index contributed by atoms with van der Waals surface area (Å²) in [4.78, 5) is 0. The number of nitrogens with two attached hydrogens (primary N) is 1. The molecule has 4 nitrogen and oxygen atoms in total. The van der Waals surface area contributed by atoms with Crippen LogP contribution in [0.25, 0.3) is 0 Å². The van der Waals surface area contributed by atoms with Gasteiger partial charge in [0.05, 0.1) is 6.54 Å². The lowest BCUT2D eigenvalue weighted by Crippen LogP contribution is -2.08. The first kappa shape index (κ1) is 13.5. The van der Waals surface area contributed by atoms with E-state index in [2.05, 4.69) is 10.2 Å². The van der Waals surface area contributed by atoms with E-state index in [4.69, 9.17) is 5.73 Å². The van der Waals surface area contributed by atoms with Crippen molar-refractivity contribution in [3.05, 3.63) is 41.2 Å². The monoisotopic (exact) mass is 296 g/mol. The van der Waals surface area contributed by atoms with Crippen LogP contribution in [0, 0.1) is 11.6 Å². The van der Waals surface area contributed by atoms with Crippen LogP contribution in [0.15, 0.2) is 23.4 Å². The van der Waals surface area contributed by atoms with Crippen molar-refractivity contribution in [3.8, 4) is 0 Å². The lowest BCUT2D eigenvalue weighted by molar-refractivity contribution is 0.566. The smallest absolute Gasteiger partial charge is 0.191 e. The van der Waals surface area contributed by atoms with Crippen molar-refractivity contribution < 1.29 is 8.78 Å². The second-order valence-corrected chi connectivity index (χ2v) is 5.64. The normalized spacial score (nSPS) is 14.8. The van der Waals surface area contributed by atoms with Gasteiger partial charge in [0.25, 0.3) is 0 Å². The maximum Gasteiger partial charge on any atom is 0.191 e. The van der Waals surface area contributed by atoms with Gasteiger partial charge in [-0.05, 0) is 25.0 Å². The average Bonchev–Trinajstić information content (AvgIpc) is 3.19. The molecule has 7 heteroatoms. The van der Waals surface area contributed by atoms with Crippen molar-refractivity contribution in [2.75, 3.05) is 0 Å². The summed E-state index contributed by atoms with van der Waals surface area (Å²) >= 11 is 1.29. The highest BCUT2D eigenvalue weighted by molar-refractivity contribution is 7.98. The second kappa shape index (κ2) is 5.49. The van der Waals surface area contributed by atoms with Crippen molar-refractivity contribution in [2.24, 2.45) is 5.73 Å². The van der Waals surface area contributed by atoms with Crippen molar-refractivity contribution in [1.82, 2.24) is 14.8 Å².